The van der Waals surface area contributed by atoms with Gasteiger partial charge in [0.15, 0.2) is 0 Å². The third-order valence-corrected chi connectivity index (χ3v) is 6.46. The zero-order valence-electron chi connectivity index (χ0n) is 41.4. The first-order chi connectivity index (χ1) is 29.8. The predicted octanol–water partition coefficient (Wildman–Crippen LogP) is 3.30. The van der Waals surface area contributed by atoms with Crippen LogP contribution in [0.15, 0.2) is 0 Å². The third-order valence-electron chi connectivity index (χ3n) is 6.46. The molecule has 18 heteroatoms. The number of ether oxygens (including phenoxy) is 12. The molecule has 0 aliphatic heterocycles. The molecule has 0 heterocycles. The molecule has 0 aromatic heterocycles. The van der Waals surface area contributed by atoms with E-state index in [4.69, 9.17) is 82.4 Å². The van der Waals surface area contributed by atoms with Crippen molar-refractivity contribution in [2.75, 3.05) is 159 Å². The van der Waals surface area contributed by atoms with E-state index in [1.165, 1.54) is 0 Å². The summed E-state index contributed by atoms with van der Waals surface area (Å²) in [5, 5.41) is 54.6. The molecule has 0 atom stereocenters. The largest absolute Gasteiger partial charge is 0.388 e. The fourth-order valence-electron chi connectivity index (χ4n) is 3.55. The highest BCUT2D eigenvalue weighted by atomic mass is 16.5. The van der Waals surface area contributed by atoms with Crippen LogP contribution in [-0.4, -0.2) is 226 Å². The molecule has 0 saturated carbocycles. The molecular formula is C44H100O18. The first-order valence-electron chi connectivity index (χ1n) is 22.9. The Labute approximate surface area is 378 Å². The number of aliphatic hydroxyl groups is 6. The molecule has 0 rings (SSSR count). The lowest BCUT2D eigenvalue weighted by molar-refractivity contribution is -0.0184. The summed E-state index contributed by atoms with van der Waals surface area (Å²) < 4.78 is 59.9. The average molecular weight is 917 g/mol. The Hall–Kier alpha value is -0.720. The van der Waals surface area contributed by atoms with E-state index in [9.17, 15) is 5.11 Å². The summed E-state index contributed by atoms with van der Waals surface area (Å²) in [5.74, 6) is 0. The van der Waals surface area contributed by atoms with Crippen LogP contribution in [0, 0.1) is 0 Å². The van der Waals surface area contributed by atoms with Crippen molar-refractivity contribution in [3.8, 4) is 0 Å². The van der Waals surface area contributed by atoms with E-state index in [1.807, 2.05) is 83.1 Å². The summed E-state index contributed by atoms with van der Waals surface area (Å²) in [6.45, 7) is 35.4. The second-order valence-corrected chi connectivity index (χ2v) is 12.7. The molecule has 0 radical (unpaired) electrons. The summed E-state index contributed by atoms with van der Waals surface area (Å²) >= 11 is 0. The minimum absolute atomic E-state index is 0.372. The maximum atomic E-state index is 9.25. The van der Waals surface area contributed by atoms with Gasteiger partial charge in [0.1, 0.15) is 36.6 Å². The maximum Gasteiger partial charge on any atom is 0.101 e. The molecule has 0 unspecified atom stereocenters. The van der Waals surface area contributed by atoms with Crippen LogP contribution in [-0.2, 0) is 56.8 Å². The lowest BCUT2D eigenvalue weighted by Crippen LogP contribution is -2.22. The van der Waals surface area contributed by atoms with Gasteiger partial charge in [-0.05, 0) is 82.1 Å². The average Bonchev–Trinajstić information content (AvgIpc) is 3.28. The molecule has 0 aromatic carbocycles. The highest BCUT2D eigenvalue weighted by molar-refractivity contribution is 4.53. The van der Waals surface area contributed by atoms with Crippen molar-refractivity contribution in [1.29, 1.82) is 0 Å². The Bertz CT molecular complexity index is 550. The van der Waals surface area contributed by atoms with E-state index in [0.29, 0.717) is 159 Å². The van der Waals surface area contributed by atoms with Crippen LogP contribution in [0.3, 0.4) is 0 Å². The minimum atomic E-state index is -0.472. The summed E-state index contributed by atoms with van der Waals surface area (Å²) in [7, 11) is 0. The van der Waals surface area contributed by atoms with E-state index >= 15 is 0 Å². The standard InChI is InChI=1S/C9H20O3.5C7H16O3/c1-3-5-11-7-9(10)8-12-6-4-2;5*1-3-9-5-7(8)6-10-4-2/h9-10H,3-8H2,1-2H3;5*7-8H,3-6H2,1-2H3. The number of rotatable bonds is 38. The second-order valence-electron chi connectivity index (χ2n) is 12.7. The number of hydrogen-bond acceptors (Lipinski definition) is 18. The van der Waals surface area contributed by atoms with Gasteiger partial charge in [0, 0.05) is 79.3 Å². The summed E-state index contributed by atoms with van der Waals surface area (Å²) in [6, 6.07) is 0. The summed E-state index contributed by atoms with van der Waals surface area (Å²) in [6.07, 6.45) is -0.854. The van der Waals surface area contributed by atoms with Gasteiger partial charge in [-0.3, -0.25) is 0 Å². The monoisotopic (exact) mass is 917 g/mol. The van der Waals surface area contributed by atoms with Crippen molar-refractivity contribution in [2.24, 2.45) is 0 Å². The lowest BCUT2D eigenvalue weighted by Gasteiger charge is -2.10. The third kappa shape index (κ3) is 82.9. The van der Waals surface area contributed by atoms with Crippen LogP contribution in [0.5, 0.6) is 0 Å². The molecule has 0 saturated heterocycles. The second kappa shape index (κ2) is 69.3. The number of aliphatic hydroxyl groups excluding tert-OH is 6. The SMILES string of the molecule is CCCOCC(O)COCCC.CCOCC(O)COCC.CCOCC(O)COCC.CCOCC(O)COCC.CCOCC(O)COCC.CCOCC(O)COCC. The zero-order valence-corrected chi connectivity index (χ0v) is 41.4. The van der Waals surface area contributed by atoms with E-state index in [0.717, 1.165) is 12.8 Å². The van der Waals surface area contributed by atoms with Crippen LogP contribution >= 0.6 is 0 Å². The van der Waals surface area contributed by atoms with Crippen LogP contribution in [0.1, 0.15) is 95.9 Å². The molecule has 0 aliphatic rings. The molecule has 0 amide bonds. The molecule has 0 spiro atoms. The van der Waals surface area contributed by atoms with E-state index < -0.39 is 36.6 Å². The Kier molecular flexibility index (Phi) is 81.5. The quantitative estimate of drug-likeness (QED) is 0.0488. The predicted molar refractivity (Wildman–Crippen MR) is 243 cm³/mol. The van der Waals surface area contributed by atoms with Gasteiger partial charge in [0.2, 0.25) is 0 Å². The smallest absolute Gasteiger partial charge is 0.101 e. The highest BCUT2D eigenvalue weighted by Crippen LogP contribution is 1.92. The van der Waals surface area contributed by atoms with Gasteiger partial charge in [-0.1, -0.05) is 13.8 Å². The molecular weight excluding hydrogens is 816 g/mol. The molecule has 0 fully saturated rings. The van der Waals surface area contributed by atoms with Crippen molar-refractivity contribution in [2.45, 2.75) is 133 Å². The van der Waals surface area contributed by atoms with Crippen molar-refractivity contribution >= 4 is 0 Å². The highest BCUT2D eigenvalue weighted by Gasteiger charge is 2.05. The Morgan fingerprint density at radius 3 is 0.419 bits per heavy atom. The Balaban J connectivity index is -0.000000152. The van der Waals surface area contributed by atoms with Crippen molar-refractivity contribution < 1.29 is 87.5 Å². The van der Waals surface area contributed by atoms with Crippen LogP contribution in [0.4, 0.5) is 0 Å². The Morgan fingerprint density at radius 1 is 0.210 bits per heavy atom. The van der Waals surface area contributed by atoms with Crippen molar-refractivity contribution in [3.05, 3.63) is 0 Å². The van der Waals surface area contributed by atoms with Gasteiger partial charge in [-0.15, -0.1) is 0 Å². The summed E-state index contributed by atoms with van der Waals surface area (Å²) in [5.41, 5.74) is 0. The van der Waals surface area contributed by atoms with Crippen LogP contribution in [0.2, 0.25) is 0 Å². The molecule has 0 bridgehead atoms. The Morgan fingerprint density at radius 2 is 0.323 bits per heavy atom. The fourth-order valence-corrected chi connectivity index (χ4v) is 3.55. The first-order valence-corrected chi connectivity index (χ1v) is 22.9. The van der Waals surface area contributed by atoms with Gasteiger partial charge in [-0.2, -0.15) is 0 Å². The van der Waals surface area contributed by atoms with Gasteiger partial charge in [-0.25, -0.2) is 0 Å². The molecule has 0 aromatic rings. The van der Waals surface area contributed by atoms with Gasteiger partial charge >= 0.3 is 0 Å². The van der Waals surface area contributed by atoms with E-state index in [-0.39, 0.29) is 0 Å². The maximum absolute atomic E-state index is 9.25. The van der Waals surface area contributed by atoms with Gasteiger partial charge in [0.05, 0.1) is 79.3 Å². The molecule has 6 N–H and O–H groups in total. The molecule has 62 heavy (non-hydrogen) atoms. The molecule has 18 nitrogen and oxygen atoms in total. The van der Waals surface area contributed by atoms with Gasteiger partial charge < -0.3 is 87.5 Å². The zero-order chi connectivity index (χ0) is 48.3. The first kappa shape index (κ1) is 72.9. The van der Waals surface area contributed by atoms with E-state index in [2.05, 4.69) is 0 Å². The van der Waals surface area contributed by atoms with Crippen molar-refractivity contribution in [3.63, 3.8) is 0 Å². The molecule has 384 valence electrons. The topological polar surface area (TPSA) is 232 Å². The summed E-state index contributed by atoms with van der Waals surface area (Å²) in [4.78, 5) is 0. The van der Waals surface area contributed by atoms with Crippen molar-refractivity contribution in [1.82, 2.24) is 0 Å². The molecule has 0 aliphatic carbocycles. The van der Waals surface area contributed by atoms with Crippen LogP contribution in [0.25, 0.3) is 0 Å². The lowest BCUT2D eigenvalue weighted by atomic mass is 10.4. The normalized spacial score (nSPS) is 10.8. The van der Waals surface area contributed by atoms with Gasteiger partial charge in [0.25, 0.3) is 0 Å². The minimum Gasteiger partial charge on any atom is -0.388 e. The van der Waals surface area contributed by atoms with Crippen LogP contribution < -0.4 is 0 Å². The number of hydrogen-bond donors (Lipinski definition) is 6. The fraction of sp³-hybridized carbons (Fsp3) is 1.00. The van der Waals surface area contributed by atoms with E-state index in [1.54, 1.807) is 0 Å².